The maximum absolute atomic E-state index is 12.0. The molecular formula is C21H25N7O3S. The molecule has 3 aromatic heterocycles. The number of hydrogen-bond donors (Lipinski definition) is 1. The molecular weight excluding hydrogens is 430 g/mol. The molecule has 4 rings (SSSR count). The Morgan fingerprint density at radius 1 is 1.25 bits per heavy atom. The Bertz CT molecular complexity index is 1320. The molecule has 0 saturated carbocycles. The van der Waals surface area contributed by atoms with Gasteiger partial charge in [0.25, 0.3) is 0 Å². The first-order valence-electron chi connectivity index (χ1n) is 10.2. The molecule has 1 saturated heterocycles. The van der Waals surface area contributed by atoms with Crippen LogP contribution in [0.15, 0.2) is 23.5 Å². The lowest BCUT2D eigenvalue weighted by atomic mass is 10.1. The highest BCUT2D eigenvalue weighted by Crippen LogP contribution is 2.32. The highest BCUT2D eigenvalue weighted by molar-refractivity contribution is 7.90. The second-order valence-electron chi connectivity index (χ2n) is 7.89. The number of ether oxygens (including phenoxy) is 1. The minimum absolute atomic E-state index is 0.177. The summed E-state index contributed by atoms with van der Waals surface area (Å²) >= 11 is 0. The fraction of sp³-hybridized carbons (Fsp3) is 0.429. The Kier molecular flexibility index (Phi) is 5.75. The SMILES string of the molecule is Cc1nc(S(C)(=O)=O)nc(NC(C)c2nc3ccn(C)c3cc2N2CCOCC2)c1C#N. The van der Waals surface area contributed by atoms with Crippen LogP contribution in [0.25, 0.3) is 11.0 Å². The number of nitrogens with one attached hydrogen (secondary N) is 1. The molecule has 0 amide bonds. The van der Waals surface area contributed by atoms with Gasteiger partial charge in [-0.05, 0) is 26.0 Å². The van der Waals surface area contributed by atoms with Crippen LogP contribution < -0.4 is 10.2 Å². The lowest BCUT2D eigenvalue weighted by Crippen LogP contribution is -2.37. The van der Waals surface area contributed by atoms with Crippen molar-refractivity contribution in [1.29, 1.82) is 5.26 Å². The molecule has 11 heteroatoms. The van der Waals surface area contributed by atoms with E-state index >= 15 is 0 Å². The molecule has 4 heterocycles. The average molecular weight is 456 g/mol. The van der Waals surface area contributed by atoms with Gasteiger partial charge in [-0.25, -0.2) is 18.4 Å². The second-order valence-corrected chi connectivity index (χ2v) is 9.80. The van der Waals surface area contributed by atoms with E-state index in [-0.39, 0.29) is 22.6 Å². The Labute approximate surface area is 186 Å². The maximum atomic E-state index is 12.0. The van der Waals surface area contributed by atoms with Gasteiger partial charge in [-0.3, -0.25) is 0 Å². The summed E-state index contributed by atoms with van der Waals surface area (Å²) in [5.74, 6) is 0.177. The summed E-state index contributed by atoms with van der Waals surface area (Å²) in [7, 11) is -1.66. The van der Waals surface area contributed by atoms with Crippen LogP contribution >= 0.6 is 0 Å². The van der Waals surface area contributed by atoms with E-state index in [2.05, 4.69) is 32.3 Å². The number of anilines is 2. The van der Waals surface area contributed by atoms with Crippen LogP contribution in [0.1, 0.15) is 29.9 Å². The van der Waals surface area contributed by atoms with Gasteiger partial charge in [0.2, 0.25) is 15.0 Å². The number of nitriles is 1. The summed E-state index contributed by atoms with van der Waals surface area (Å²) in [6.07, 6.45) is 3.00. The molecule has 0 radical (unpaired) electrons. The highest BCUT2D eigenvalue weighted by Gasteiger charge is 2.24. The van der Waals surface area contributed by atoms with Crippen molar-refractivity contribution in [3.8, 4) is 6.07 Å². The van der Waals surface area contributed by atoms with E-state index in [1.165, 1.54) is 0 Å². The number of pyridine rings is 1. The number of hydrogen-bond acceptors (Lipinski definition) is 9. The third kappa shape index (κ3) is 4.11. The Morgan fingerprint density at radius 2 is 1.97 bits per heavy atom. The predicted octanol–water partition coefficient (Wildman–Crippen LogP) is 1.96. The summed E-state index contributed by atoms with van der Waals surface area (Å²) in [6.45, 7) is 6.26. The van der Waals surface area contributed by atoms with Crippen molar-refractivity contribution < 1.29 is 13.2 Å². The fourth-order valence-electron chi connectivity index (χ4n) is 3.79. The lowest BCUT2D eigenvalue weighted by molar-refractivity contribution is 0.122. The maximum Gasteiger partial charge on any atom is 0.249 e. The van der Waals surface area contributed by atoms with Gasteiger partial charge in [-0.2, -0.15) is 10.2 Å². The summed E-state index contributed by atoms with van der Waals surface area (Å²) in [4.78, 5) is 15.3. The summed E-state index contributed by atoms with van der Waals surface area (Å²) in [5, 5.41) is 12.5. The van der Waals surface area contributed by atoms with Crippen molar-refractivity contribution in [2.75, 3.05) is 42.8 Å². The standard InChI is InChI=1S/C21H25N7O3S/c1-13-15(12-22)20(26-21(24-13)32(4,29)30)23-14(2)19-18(28-7-9-31-10-8-28)11-17-16(25-19)5-6-27(17)3/h5-6,11,14H,7-10H2,1-4H3,(H,23,24,26). The molecule has 1 atom stereocenters. The van der Waals surface area contributed by atoms with Gasteiger partial charge in [-0.1, -0.05) is 0 Å². The van der Waals surface area contributed by atoms with Gasteiger partial charge in [0, 0.05) is 32.6 Å². The monoisotopic (exact) mass is 455 g/mol. The smallest absolute Gasteiger partial charge is 0.249 e. The number of fused-ring (bicyclic) bond motifs is 1. The molecule has 1 unspecified atom stereocenters. The minimum atomic E-state index is -3.64. The normalized spacial score (nSPS) is 15.5. The van der Waals surface area contributed by atoms with Crippen LogP contribution in [0.4, 0.5) is 11.5 Å². The van der Waals surface area contributed by atoms with E-state index in [1.54, 1.807) is 6.92 Å². The van der Waals surface area contributed by atoms with Crippen molar-refractivity contribution in [3.63, 3.8) is 0 Å². The van der Waals surface area contributed by atoms with Crippen LogP contribution in [0.2, 0.25) is 0 Å². The summed E-state index contributed by atoms with van der Waals surface area (Å²) in [6, 6.07) is 5.78. The number of aryl methyl sites for hydroxylation is 2. The van der Waals surface area contributed by atoms with Crippen molar-refractivity contribution in [2.24, 2.45) is 7.05 Å². The number of nitrogens with zero attached hydrogens (tertiary/aromatic N) is 6. The van der Waals surface area contributed by atoms with Gasteiger partial charge in [0.1, 0.15) is 17.5 Å². The van der Waals surface area contributed by atoms with Crippen molar-refractivity contribution in [2.45, 2.75) is 25.0 Å². The molecule has 10 nitrogen and oxygen atoms in total. The molecule has 0 spiro atoms. The first-order chi connectivity index (χ1) is 15.2. The largest absolute Gasteiger partial charge is 0.378 e. The minimum Gasteiger partial charge on any atom is -0.378 e. The van der Waals surface area contributed by atoms with Gasteiger partial charge < -0.3 is 19.5 Å². The molecule has 1 aliphatic rings. The van der Waals surface area contributed by atoms with E-state index in [1.807, 2.05) is 30.8 Å². The molecule has 3 aromatic rings. The van der Waals surface area contributed by atoms with E-state index < -0.39 is 9.84 Å². The van der Waals surface area contributed by atoms with Crippen molar-refractivity contribution in [3.05, 3.63) is 35.3 Å². The van der Waals surface area contributed by atoms with Gasteiger partial charge in [0.15, 0.2) is 0 Å². The van der Waals surface area contributed by atoms with E-state index in [9.17, 15) is 13.7 Å². The van der Waals surface area contributed by atoms with Crippen molar-refractivity contribution >= 4 is 32.4 Å². The molecule has 0 aromatic carbocycles. The van der Waals surface area contributed by atoms with Gasteiger partial charge >= 0.3 is 0 Å². The third-order valence-electron chi connectivity index (χ3n) is 5.50. The zero-order valence-electron chi connectivity index (χ0n) is 18.5. The van der Waals surface area contributed by atoms with E-state index in [0.717, 1.165) is 41.8 Å². The molecule has 32 heavy (non-hydrogen) atoms. The second kappa shape index (κ2) is 8.37. The number of morpholine rings is 1. The van der Waals surface area contributed by atoms with Crippen molar-refractivity contribution in [1.82, 2.24) is 19.5 Å². The van der Waals surface area contributed by atoms with Crippen LogP contribution in [0.5, 0.6) is 0 Å². The molecule has 168 valence electrons. The van der Waals surface area contributed by atoms with Crippen LogP contribution in [0, 0.1) is 18.3 Å². The highest BCUT2D eigenvalue weighted by atomic mass is 32.2. The third-order valence-corrected chi connectivity index (χ3v) is 6.35. The fourth-order valence-corrected chi connectivity index (χ4v) is 4.35. The number of aromatic nitrogens is 4. The lowest BCUT2D eigenvalue weighted by Gasteiger charge is -2.31. The Hall–Kier alpha value is -3.23. The molecule has 1 aliphatic heterocycles. The Balaban J connectivity index is 1.80. The first kappa shape index (κ1) is 22.0. The van der Waals surface area contributed by atoms with Gasteiger partial charge in [0.05, 0.1) is 47.4 Å². The Morgan fingerprint density at radius 3 is 2.62 bits per heavy atom. The van der Waals surface area contributed by atoms with Crippen LogP contribution in [-0.2, 0) is 21.6 Å². The molecule has 1 fully saturated rings. The summed E-state index contributed by atoms with van der Waals surface area (Å²) in [5.41, 5.74) is 4.12. The predicted molar refractivity (Wildman–Crippen MR) is 120 cm³/mol. The average Bonchev–Trinajstić information content (AvgIpc) is 3.12. The zero-order valence-corrected chi connectivity index (χ0v) is 19.3. The quantitative estimate of drug-likeness (QED) is 0.574. The molecule has 0 bridgehead atoms. The first-order valence-corrected chi connectivity index (χ1v) is 12.1. The van der Waals surface area contributed by atoms with Crippen LogP contribution in [-0.4, -0.2) is 60.5 Å². The number of rotatable bonds is 5. The van der Waals surface area contributed by atoms with E-state index in [4.69, 9.17) is 9.72 Å². The molecule has 1 N–H and O–H groups in total. The van der Waals surface area contributed by atoms with Gasteiger partial charge in [-0.15, -0.1) is 0 Å². The zero-order chi connectivity index (χ0) is 23.0. The summed E-state index contributed by atoms with van der Waals surface area (Å²) < 4.78 is 31.6. The van der Waals surface area contributed by atoms with Crippen LogP contribution in [0.3, 0.4) is 0 Å². The molecule has 0 aliphatic carbocycles. The van der Waals surface area contributed by atoms with E-state index in [0.29, 0.717) is 18.9 Å². The topological polar surface area (TPSA) is 126 Å². The number of sulfone groups is 1.